The van der Waals surface area contributed by atoms with Crippen molar-refractivity contribution in [1.29, 1.82) is 0 Å². The minimum atomic E-state index is -1.01. The van der Waals surface area contributed by atoms with E-state index in [1.807, 2.05) is 36.4 Å². The Morgan fingerprint density at radius 3 is 1.76 bits per heavy atom. The summed E-state index contributed by atoms with van der Waals surface area (Å²) in [6.45, 7) is 12.2. The van der Waals surface area contributed by atoms with Crippen LogP contribution in [-0.2, 0) is 10.3 Å². The summed E-state index contributed by atoms with van der Waals surface area (Å²) in [7, 11) is 0. The van der Waals surface area contributed by atoms with Crippen molar-refractivity contribution in [3.8, 4) is 0 Å². The van der Waals surface area contributed by atoms with Crippen LogP contribution >= 0.6 is 0 Å². The van der Waals surface area contributed by atoms with Crippen LogP contribution in [0.5, 0.6) is 0 Å². The van der Waals surface area contributed by atoms with E-state index < -0.39 is 5.60 Å². The van der Waals surface area contributed by atoms with Crippen molar-refractivity contribution < 1.29 is 9.53 Å². The number of nitrogens with zero attached hydrogens (tertiary/aromatic N) is 2. The molecule has 0 aromatic heterocycles. The van der Waals surface area contributed by atoms with Gasteiger partial charge in [0, 0.05) is 59.9 Å². The molecular weight excluding hydrogens is 410 g/mol. The monoisotopic (exact) mass is 443 g/mol. The van der Waals surface area contributed by atoms with Gasteiger partial charge in [-0.2, -0.15) is 0 Å². The zero-order chi connectivity index (χ0) is 23.6. The molecule has 0 amide bonds. The predicted molar refractivity (Wildman–Crippen MR) is 136 cm³/mol. The SMILES string of the molecule is CCN(CC)c1ccc(C2(c3ccc(N)cc3)OC(=O)c3cc(N(CC)CC)ccc32)cc1. The van der Waals surface area contributed by atoms with Crippen molar-refractivity contribution in [1.82, 2.24) is 0 Å². The van der Waals surface area contributed by atoms with Gasteiger partial charge in [0.2, 0.25) is 0 Å². The summed E-state index contributed by atoms with van der Waals surface area (Å²) in [4.78, 5) is 17.8. The topological polar surface area (TPSA) is 58.8 Å². The van der Waals surface area contributed by atoms with Gasteiger partial charge < -0.3 is 20.3 Å². The number of ether oxygens (including phenoxy) is 1. The van der Waals surface area contributed by atoms with Gasteiger partial charge >= 0.3 is 5.97 Å². The van der Waals surface area contributed by atoms with Gasteiger partial charge in [-0.25, -0.2) is 4.79 Å². The average molecular weight is 444 g/mol. The van der Waals surface area contributed by atoms with Crippen LogP contribution in [0.2, 0.25) is 0 Å². The Bertz CT molecular complexity index is 1120. The van der Waals surface area contributed by atoms with Crippen LogP contribution in [0, 0.1) is 0 Å². The number of carbonyl (C=O) groups is 1. The Labute approximate surface area is 196 Å². The number of esters is 1. The van der Waals surface area contributed by atoms with Crippen LogP contribution in [0.25, 0.3) is 0 Å². The smallest absolute Gasteiger partial charge is 0.340 e. The molecule has 1 aliphatic rings. The van der Waals surface area contributed by atoms with Gasteiger partial charge in [-0.15, -0.1) is 0 Å². The molecule has 5 nitrogen and oxygen atoms in total. The molecule has 3 aromatic rings. The third kappa shape index (κ3) is 3.82. The van der Waals surface area contributed by atoms with E-state index in [9.17, 15) is 4.79 Å². The number of cyclic esters (lactones) is 1. The van der Waals surface area contributed by atoms with Gasteiger partial charge in [-0.1, -0.05) is 30.3 Å². The van der Waals surface area contributed by atoms with Crippen molar-refractivity contribution in [3.05, 3.63) is 89.0 Å². The lowest BCUT2D eigenvalue weighted by atomic mass is 9.79. The van der Waals surface area contributed by atoms with Gasteiger partial charge in [0.1, 0.15) is 0 Å². The number of hydrogen-bond donors (Lipinski definition) is 1. The molecule has 1 atom stereocenters. The fourth-order valence-electron chi connectivity index (χ4n) is 4.85. The largest absolute Gasteiger partial charge is 0.441 e. The fourth-order valence-corrected chi connectivity index (χ4v) is 4.85. The van der Waals surface area contributed by atoms with Crippen molar-refractivity contribution in [2.75, 3.05) is 41.7 Å². The summed E-state index contributed by atoms with van der Waals surface area (Å²) in [6, 6.07) is 22.1. The van der Waals surface area contributed by atoms with E-state index in [0.29, 0.717) is 11.3 Å². The van der Waals surface area contributed by atoms with Gasteiger partial charge in [0.15, 0.2) is 5.60 Å². The van der Waals surface area contributed by atoms with E-state index in [-0.39, 0.29) is 5.97 Å². The van der Waals surface area contributed by atoms with E-state index in [1.165, 1.54) is 0 Å². The van der Waals surface area contributed by atoms with E-state index >= 15 is 0 Å². The summed E-state index contributed by atoms with van der Waals surface area (Å²) in [5.74, 6) is -0.302. The van der Waals surface area contributed by atoms with Crippen LogP contribution in [0.3, 0.4) is 0 Å². The number of hydrogen-bond acceptors (Lipinski definition) is 5. The van der Waals surface area contributed by atoms with E-state index in [0.717, 1.165) is 54.2 Å². The first-order chi connectivity index (χ1) is 16.0. The first kappa shape index (κ1) is 22.7. The maximum Gasteiger partial charge on any atom is 0.340 e. The first-order valence-corrected chi connectivity index (χ1v) is 11.8. The number of benzene rings is 3. The molecule has 33 heavy (non-hydrogen) atoms. The van der Waals surface area contributed by atoms with Crippen LogP contribution in [0.4, 0.5) is 17.1 Å². The molecule has 0 saturated carbocycles. The van der Waals surface area contributed by atoms with Crippen molar-refractivity contribution in [2.24, 2.45) is 0 Å². The van der Waals surface area contributed by atoms with Gasteiger partial charge in [0.25, 0.3) is 0 Å². The normalized spacial score (nSPS) is 16.9. The van der Waals surface area contributed by atoms with Gasteiger partial charge in [-0.05, 0) is 64.1 Å². The molecule has 1 heterocycles. The third-order valence-electron chi connectivity index (χ3n) is 6.70. The summed E-state index contributed by atoms with van der Waals surface area (Å²) in [5, 5.41) is 0. The summed E-state index contributed by atoms with van der Waals surface area (Å²) in [5.41, 5.74) is 11.1. The van der Waals surface area contributed by atoms with Crippen molar-refractivity contribution in [2.45, 2.75) is 33.3 Å². The maximum absolute atomic E-state index is 13.2. The molecule has 1 unspecified atom stereocenters. The molecule has 0 bridgehead atoms. The molecule has 172 valence electrons. The van der Waals surface area contributed by atoms with Crippen LogP contribution in [0.15, 0.2) is 66.7 Å². The fraction of sp³-hybridized carbons (Fsp3) is 0.321. The highest BCUT2D eigenvalue weighted by Gasteiger charge is 2.48. The minimum Gasteiger partial charge on any atom is -0.441 e. The predicted octanol–water partition coefficient (Wildman–Crippen LogP) is 5.42. The average Bonchev–Trinajstić information content (AvgIpc) is 3.14. The van der Waals surface area contributed by atoms with Crippen molar-refractivity contribution >= 4 is 23.0 Å². The summed E-state index contributed by atoms with van der Waals surface area (Å²) < 4.78 is 6.27. The van der Waals surface area contributed by atoms with Crippen LogP contribution in [0.1, 0.15) is 54.7 Å². The molecule has 4 rings (SSSR count). The molecule has 0 spiro atoms. The second-order valence-corrected chi connectivity index (χ2v) is 8.31. The number of nitrogen functional groups attached to an aromatic ring is 1. The number of anilines is 3. The minimum absolute atomic E-state index is 0.302. The summed E-state index contributed by atoms with van der Waals surface area (Å²) in [6.07, 6.45) is 0. The number of carbonyl (C=O) groups excluding carboxylic acids is 1. The Balaban J connectivity index is 1.90. The molecule has 2 N–H and O–H groups in total. The highest BCUT2D eigenvalue weighted by Crippen LogP contribution is 2.48. The lowest BCUT2D eigenvalue weighted by molar-refractivity contribution is 0.0251. The molecule has 3 aromatic carbocycles. The zero-order valence-electron chi connectivity index (χ0n) is 20.0. The van der Waals surface area contributed by atoms with E-state index in [1.54, 1.807) is 0 Å². The third-order valence-corrected chi connectivity index (χ3v) is 6.70. The second-order valence-electron chi connectivity index (χ2n) is 8.31. The number of fused-ring (bicyclic) bond motifs is 1. The lowest BCUT2D eigenvalue weighted by Crippen LogP contribution is -2.30. The highest BCUT2D eigenvalue weighted by molar-refractivity contribution is 5.97. The van der Waals surface area contributed by atoms with Crippen LogP contribution in [-0.4, -0.2) is 32.1 Å². The number of rotatable bonds is 8. The molecule has 0 fully saturated rings. The second kappa shape index (κ2) is 9.18. The molecule has 0 radical (unpaired) electrons. The van der Waals surface area contributed by atoms with E-state index in [2.05, 4.69) is 67.8 Å². The number of nitrogens with two attached hydrogens (primary N) is 1. The summed E-state index contributed by atoms with van der Waals surface area (Å²) >= 11 is 0. The maximum atomic E-state index is 13.2. The highest BCUT2D eigenvalue weighted by atomic mass is 16.6. The van der Waals surface area contributed by atoms with Crippen molar-refractivity contribution in [3.63, 3.8) is 0 Å². The Morgan fingerprint density at radius 1 is 0.727 bits per heavy atom. The molecular formula is C28H33N3O2. The van der Waals surface area contributed by atoms with Gasteiger partial charge in [0.05, 0.1) is 5.56 Å². The molecule has 1 aliphatic heterocycles. The van der Waals surface area contributed by atoms with Crippen LogP contribution < -0.4 is 15.5 Å². The van der Waals surface area contributed by atoms with Gasteiger partial charge in [-0.3, -0.25) is 0 Å². The Morgan fingerprint density at radius 2 is 1.21 bits per heavy atom. The molecule has 5 heteroatoms. The zero-order valence-corrected chi connectivity index (χ0v) is 20.0. The Kier molecular flexibility index (Phi) is 6.32. The lowest BCUT2D eigenvalue weighted by Gasteiger charge is -2.31. The standard InChI is InChI=1S/C28H33N3O2/c1-5-30(6-2)23-15-11-21(12-16-23)28(20-9-13-22(29)14-10-20)26-18-17-24(31(7-3)8-4)19-25(26)27(32)33-28/h9-19H,5-8,29H2,1-4H3. The Hall–Kier alpha value is -3.47. The molecule has 0 saturated heterocycles. The molecule has 0 aliphatic carbocycles. The quantitative estimate of drug-likeness (QED) is 0.372. The first-order valence-electron chi connectivity index (χ1n) is 11.8. The van der Waals surface area contributed by atoms with E-state index in [4.69, 9.17) is 10.5 Å².